The summed E-state index contributed by atoms with van der Waals surface area (Å²) < 4.78 is 5.42. The van der Waals surface area contributed by atoms with Crippen LogP contribution in [0.4, 0.5) is 5.69 Å². The molecule has 0 spiro atoms. The van der Waals surface area contributed by atoms with E-state index in [0.29, 0.717) is 23.1 Å². The molecular weight excluding hydrogens is 275 g/mol. The van der Waals surface area contributed by atoms with E-state index in [1.54, 1.807) is 25.1 Å². The second kappa shape index (κ2) is 8.19. The summed E-state index contributed by atoms with van der Waals surface area (Å²) in [6.07, 6.45) is 0.916. The maximum absolute atomic E-state index is 11.4. The highest BCUT2D eigenvalue weighted by Gasteiger charge is 2.09. The summed E-state index contributed by atoms with van der Waals surface area (Å²) in [6, 6.07) is 4.56. The van der Waals surface area contributed by atoms with Gasteiger partial charge in [0, 0.05) is 5.69 Å². The van der Waals surface area contributed by atoms with Crippen molar-refractivity contribution in [3.63, 3.8) is 0 Å². The molecule has 0 bridgehead atoms. The molecular formula is C12H18Cl2N2O2. The van der Waals surface area contributed by atoms with Gasteiger partial charge in [-0.2, -0.15) is 0 Å². The summed E-state index contributed by atoms with van der Waals surface area (Å²) in [4.78, 5) is 11.4. The quantitative estimate of drug-likeness (QED) is 0.877. The van der Waals surface area contributed by atoms with Crippen LogP contribution in [-0.4, -0.2) is 18.6 Å². The minimum atomic E-state index is -0.551. The lowest BCUT2D eigenvalue weighted by Crippen LogP contribution is -2.32. The zero-order valence-electron chi connectivity index (χ0n) is 10.4. The third-order valence-electron chi connectivity index (χ3n) is 2.07. The van der Waals surface area contributed by atoms with Gasteiger partial charge < -0.3 is 15.8 Å². The number of nitrogens with two attached hydrogens (primary N) is 1. The molecule has 0 unspecified atom stereocenters. The summed E-state index contributed by atoms with van der Waals surface area (Å²) in [5.41, 5.74) is 6.06. The van der Waals surface area contributed by atoms with E-state index in [9.17, 15) is 4.79 Å². The highest BCUT2D eigenvalue weighted by Crippen LogP contribution is 2.27. The van der Waals surface area contributed by atoms with Crippen molar-refractivity contribution >= 4 is 35.6 Å². The summed E-state index contributed by atoms with van der Waals surface area (Å²) in [5.74, 6) is 0.371. The van der Waals surface area contributed by atoms with Crippen LogP contribution < -0.4 is 15.8 Å². The van der Waals surface area contributed by atoms with Gasteiger partial charge >= 0.3 is 0 Å². The number of anilines is 1. The van der Waals surface area contributed by atoms with Crippen LogP contribution in [0.2, 0.25) is 5.02 Å². The monoisotopic (exact) mass is 292 g/mol. The predicted octanol–water partition coefficient (Wildman–Crippen LogP) is 2.84. The van der Waals surface area contributed by atoms with Gasteiger partial charge in [-0.1, -0.05) is 18.5 Å². The van der Waals surface area contributed by atoms with Crippen LogP contribution in [0.15, 0.2) is 18.2 Å². The first-order chi connectivity index (χ1) is 8.04. The van der Waals surface area contributed by atoms with E-state index in [4.69, 9.17) is 22.1 Å². The molecule has 0 aliphatic heterocycles. The first kappa shape index (κ1) is 17.0. The second-order valence-corrected chi connectivity index (χ2v) is 4.18. The molecule has 0 radical (unpaired) electrons. The summed E-state index contributed by atoms with van der Waals surface area (Å²) in [6.45, 7) is 4.26. The van der Waals surface area contributed by atoms with Gasteiger partial charge in [0.05, 0.1) is 17.7 Å². The Morgan fingerprint density at radius 3 is 2.72 bits per heavy atom. The molecule has 0 aliphatic carbocycles. The molecule has 3 N–H and O–H groups in total. The molecule has 0 saturated heterocycles. The van der Waals surface area contributed by atoms with Crippen LogP contribution in [0.3, 0.4) is 0 Å². The van der Waals surface area contributed by atoms with Gasteiger partial charge in [0.1, 0.15) is 5.75 Å². The Balaban J connectivity index is 0.00000289. The van der Waals surface area contributed by atoms with Crippen LogP contribution in [0.25, 0.3) is 0 Å². The van der Waals surface area contributed by atoms with Crippen molar-refractivity contribution in [2.75, 3.05) is 11.9 Å². The van der Waals surface area contributed by atoms with Gasteiger partial charge in [-0.05, 0) is 31.5 Å². The number of hydrogen-bond donors (Lipinski definition) is 2. The standard InChI is InChI=1S/C12H17ClN2O2.ClH/c1-3-6-17-11-5-4-9(7-10(11)13)15-12(16)8(2)14;/h4-5,7-8H,3,6,14H2,1-2H3,(H,15,16);1H/t8-;/m1./s1. The molecule has 1 aromatic carbocycles. The van der Waals surface area contributed by atoms with Crippen molar-refractivity contribution in [3.8, 4) is 5.75 Å². The van der Waals surface area contributed by atoms with Gasteiger partial charge in [0.15, 0.2) is 0 Å². The predicted molar refractivity (Wildman–Crippen MR) is 76.8 cm³/mol. The summed E-state index contributed by atoms with van der Waals surface area (Å²) >= 11 is 6.02. The molecule has 0 aliphatic rings. The number of hydrogen-bond acceptors (Lipinski definition) is 3. The lowest BCUT2D eigenvalue weighted by molar-refractivity contribution is -0.117. The number of rotatable bonds is 5. The molecule has 0 heterocycles. The smallest absolute Gasteiger partial charge is 0.240 e. The fourth-order valence-corrected chi connectivity index (χ4v) is 1.40. The minimum absolute atomic E-state index is 0. The molecule has 18 heavy (non-hydrogen) atoms. The highest BCUT2D eigenvalue weighted by atomic mass is 35.5. The van der Waals surface area contributed by atoms with Crippen molar-refractivity contribution < 1.29 is 9.53 Å². The molecule has 0 fully saturated rings. The van der Waals surface area contributed by atoms with E-state index in [-0.39, 0.29) is 18.3 Å². The van der Waals surface area contributed by atoms with E-state index in [0.717, 1.165) is 6.42 Å². The van der Waals surface area contributed by atoms with Gasteiger partial charge in [0.25, 0.3) is 0 Å². The van der Waals surface area contributed by atoms with E-state index in [2.05, 4.69) is 5.32 Å². The Labute approximate surface area is 118 Å². The molecule has 0 saturated carbocycles. The maximum atomic E-state index is 11.4. The van der Waals surface area contributed by atoms with Crippen molar-refractivity contribution in [3.05, 3.63) is 23.2 Å². The topological polar surface area (TPSA) is 64.3 Å². The van der Waals surface area contributed by atoms with Crippen molar-refractivity contribution in [1.29, 1.82) is 0 Å². The second-order valence-electron chi connectivity index (χ2n) is 3.77. The summed E-state index contributed by atoms with van der Waals surface area (Å²) in [5, 5.41) is 3.13. The SMILES string of the molecule is CCCOc1ccc(NC(=O)[C@@H](C)N)cc1Cl.Cl. The number of ether oxygens (including phenoxy) is 1. The van der Waals surface area contributed by atoms with E-state index < -0.39 is 6.04 Å². The Hall–Kier alpha value is -0.970. The third-order valence-corrected chi connectivity index (χ3v) is 2.37. The van der Waals surface area contributed by atoms with Gasteiger partial charge in [0.2, 0.25) is 5.91 Å². The van der Waals surface area contributed by atoms with Crippen LogP contribution in [0.1, 0.15) is 20.3 Å². The molecule has 6 heteroatoms. The average molecular weight is 293 g/mol. The fraction of sp³-hybridized carbons (Fsp3) is 0.417. The Morgan fingerprint density at radius 2 is 2.22 bits per heavy atom. The minimum Gasteiger partial charge on any atom is -0.492 e. The lowest BCUT2D eigenvalue weighted by atomic mass is 10.2. The lowest BCUT2D eigenvalue weighted by Gasteiger charge is -2.10. The Morgan fingerprint density at radius 1 is 1.56 bits per heavy atom. The molecule has 1 aromatic rings. The zero-order chi connectivity index (χ0) is 12.8. The average Bonchev–Trinajstić information content (AvgIpc) is 2.28. The number of amides is 1. The van der Waals surface area contributed by atoms with Gasteiger partial charge in [-0.25, -0.2) is 0 Å². The molecule has 1 atom stereocenters. The molecule has 1 amide bonds. The number of carbonyl (C=O) groups excluding carboxylic acids is 1. The largest absolute Gasteiger partial charge is 0.492 e. The van der Waals surface area contributed by atoms with Crippen molar-refractivity contribution in [1.82, 2.24) is 0 Å². The van der Waals surface area contributed by atoms with Crippen molar-refractivity contribution in [2.24, 2.45) is 5.73 Å². The van der Waals surface area contributed by atoms with Gasteiger partial charge in [-0.15, -0.1) is 12.4 Å². The fourth-order valence-electron chi connectivity index (χ4n) is 1.16. The van der Waals surface area contributed by atoms with Crippen LogP contribution in [-0.2, 0) is 4.79 Å². The number of halogens is 2. The van der Waals surface area contributed by atoms with Crippen LogP contribution in [0, 0.1) is 0 Å². The normalized spacial score (nSPS) is 11.3. The van der Waals surface area contributed by atoms with E-state index in [1.807, 2.05) is 6.92 Å². The first-order valence-electron chi connectivity index (χ1n) is 5.53. The Kier molecular flexibility index (Phi) is 7.75. The van der Waals surface area contributed by atoms with Crippen LogP contribution >= 0.6 is 24.0 Å². The van der Waals surface area contributed by atoms with Gasteiger partial charge in [-0.3, -0.25) is 4.79 Å². The maximum Gasteiger partial charge on any atom is 0.240 e. The molecule has 0 aromatic heterocycles. The highest BCUT2D eigenvalue weighted by molar-refractivity contribution is 6.32. The Bertz CT molecular complexity index is 398. The van der Waals surface area contributed by atoms with Crippen molar-refractivity contribution in [2.45, 2.75) is 26.3 Å². The third kappa shape index (κ3) is 5.12. The number of nitrogens with one attached hydrogen (secondary N) is 1. The van der Waals surface area contributed by atoms with E-state index in [1.165, 1.54) is 0 Å². The summed E-state index contributed by atoms with van der Waals surface area (Å²) in [7, 11) is 0. The number of benzene rings is 1. The molecule has 1 rings (SSSR count). The molecule has 102 valence electrons. The first-order valence-corrected chi connectivity index (χ1v) is 5.91. The van der Waals surface area contributed by atoms with E-state index >= 15 is 0 Å². The van der Waals surface area contributed by atoms with Crippen LogP contribution in [0.5, 0.6) is 5.75 Å². The number of carbonyl (C=O) groups is 1. The zero-order valence-corrected chi connectivity index (χ0v) is 12.0. The molecule has 4 nitrogen and oxygen atoms in total.